The van der Waals surface area contributed by atoms with Gasteiger partial charge in [-0.05, 0) is 29.9 Å². The maximum atomic E-state index is 12.1. The van der Waals surface area contributed by atoms with Crippen molar-refractivity contribution in [2.24, 2.45) is 0 Å². The van der Waals surface area contributed by atoms with Gasteiger partial charge < -0.3 is 5.32 Å². The van der Waals surface area contributed by atoms with Crippen molar-refractivity contribution < 1.29 is 8.42 Å². The maximum absolute atomic E-state index is 12.1. The van der Waals surface area contributed by atoms with Crippen molar-refractivity contribution in [2.45, 2.75) is 29.6 Å². The lowest BCUT2D eigenvalue weighted by atomic mass is 10.3. The molecule has 0 bridgehead atoms. The van der Waals surface area contributed by atoms with Crippen LogP contribution < -0.4 is 5.32 Å². The lowest BCUT2D eigenvalue weighted by Gasteiger charge is -2.12. The highest BCUT2D eigenvalue weighted by molar-refractivity contribution is 7.91. The molecule has 1 aliphatic rings. The van der Waals surface area contributed by atoms with E-state index >= 15 is 0 Å². The van der Waals surface area contributed by atoms with Crippen LogP contribution in [0, 0.1) is 12.3 Å². The topological polar surface area (TPSA) is 49.4 Å². The Hall–Kier alpha value is -0.870. The zero-order valence-corrected chi connectivity index (χ0v) is 11.9. The van der Waals surface area contributed by atoms with Crippen LogP contribution in [0.5, 0.6) is 0 Å². The molecule has 1 heterocycles. The van der Waals surface area contributed by atoms with Gasteiger partial charge in [0.2, 0.25) is 0 Å². The molecule has 6 heteroatoms. The fourth-order valence-electron chi connectivity index (χ4n) is 1.50. The van der Waals surface area contributed by atoms with Gasteiger partial charge in [0.05, 0.1) is 6.54 Å². The van der Waals surface area contributed by atoms with Crippen LogP contribution in [-0.2, 0) is 16.6 Å². The Morgan fingerprint density at radius 3 is 2.94 bits per heavy atom. The summed E-state index contributed by atoms with van der Waals surface area (Å²) in [7, 11) is -1.92. The molecule has 1 aromatic rings. The van der Waals surface area contributed by atoms with E-state index in [2.05, 4.69) is 11.2 Å². The van der Waals surface area contributed by atoms with Crippen molar-refractivity contribution in [3.05, 3.63) is 17.0 Å². The minimum Gasteiger partial charge on any atom is -0.310 e. The number of sulfonamides is 1. The van der Waals surface area contributed by atoms with Gasteiger partial charge in [0.1, 0.15) is 4.21 Å². The molecule has 0 unspecified atom stereocenters. The van der Waals surface area contributed by atoms with Crippen molar-refractivity contribution in [1.82, 2.24) is 9.62 Å². The largest absolute Gasteiger partial charge is 0.310 e. The molecule has 18 heavy (non-hydrogen) atoms. The van der Waals surface area contributed by atoms with Crippen LogP contribution >= 0.6 is 11.3 Å². The number of nitrogens with zero attached hydrogens (tertiary/aromatic N) is 1. The molecule has 0 amide bonds. The Morgan fingerprint density at radius 1 is 1.61 bits per heavy atom. The molecular formula is C12H16N2O2S2. The Morgan fingerprint density at radius 2 is 2.33 bits per heavy atom. The van der Waals surface area contributed by atoms with E-state index in [0.29, 0.717) is 10.3 Å². The second-order valence-electron chi connectivity index (χ2n) is 4.39. The van der Waals surface area contributed by atoms with E-state index in [4.69, 9.17) is 6.42 Å². The summed E-state index contributed by atoms with van der Waals surface area (Å²) in [6.45, 7) is 0.825. The molecule has 0 spiro atoms. The lowest BCUT2D eigenvalue weighted by Crippen LogP contribution is -2.26. The molecule has 98 valence electrons. The third-order valence-electron chi connectivity index (χ3n) is 2.78. The summed E-state index contributed by atoms with van der Waals surface area (Å²) in [5, 5.41) is 5.24. The third kappa shape index (κ3) is 3.12. The summed E-state index contributed by atoms with van der Waals surface area (Å²) in [6, 6.07) is 2.34. The fourth-order valence-corrected chi connectivity index (χ4v) is 4.00. The smallest absolute Gasteiger partial charge is 0.253 e. The summed E-state index contributed by atoms with van der Waals surface area (Å²) in [6.07, 6.45) is 7.58. The number of hydrogen-bond acceptors (Lipinski definition) is 4. The monoisotopic (exact) mass is 284 g/mol. The Bertz CT molecular complexity index is 553. The molecule has 4 nitrogen and oxygen atoms in total. The molecule has 1 aliphatic carbocycles. The van der Waals surface area contributed by atoms with Crippen LogP contribution in [-0.4, -0.2) is 32.4 Å². The highest BCUT2D eigenvalue weighted by Gasteiger charge is 2.23. The van der Waals surface area contributed by atoms with Crippen LogP contribution in [0.15, 0.2) is 15.7 Å². The zero-order valence-electron chi connectivity index (χ0n) is 10.2. The van der Waals surface area contributed by atoms with Crippen LogP contribution in [0.1, 0.15) is 18.4 Å². The minimum atomic E-state index is -3.42. The second-order valence-corrected chi connectivity index (χ2v) is 7.58. The number of terminal acetylenes is 1. The quantitative estimate of drug-likeness (QED) is 0.800. The first-order valence-electron chi connectivity index (χ1n) is 5.74. The van der Waals surface area contributed by atoms with Gasteiger partial charge >= 0.3 is 0 Å². The van der Waals surface area contributed by atoms with E-state index in [1.54, 1.807) is 6.07 Å². The van der Waals surface area contributed by atoms with Crippen LogP contribution in [0.25, 0.3) is 0 Å². The Balaban J connectivity index is 2.05. The average molecular weight is 284 g/mol. The van der Waals surface area contributed by atoms with Gasteiger partial charge in [-0.25, -0.2) is 8.42 Å². The van der Waals surface area contributed by atoms with Crippen LogP contribution in [0.4, 0.5) is 0 Å². The molecule has 0 aromatic carbocycles. The van der Waals surface area contributed by atoms with E-state index in [1.807, 2.05) is 5.38 Å². The van der Waals surface area contributed by atoms with Crippen molar-refractivity contribution in [2.75, 3.05) is 13.6 Å². The van der Waals surface area contributed by atoms with Gasteiger partial charge in [0.25, 0.3) is 10.0 Å². The average Bonchev–Trinajstić information content (AvgIpc) is 3.03. The fraction of sp³-hybridized carbons (Fsp3) is 0.500. The van der Waals surface area contributed by atoms with Crippen molar-refractivity contribution in [3.63, 3.8) is 0 Å². The predicted octanol–water partition coefficient (Wildman–Crippen LogP) is 1.25. The summed E-state index contributed by atoms with van der Waals surface area (Å²) < 4.78 is 25.8. The summed E-state index contributed by atoms with van der Waals surface area (Å²) in [5.74, 6) is 2.34. The Kier molecular flexibility index (Phi) is 4.07. The predicted molar refractivity (Wildman–Crippen MR) is 72.8 cm³/mol. The number of hydrogen-bond donors (Lipinski definition) is 1. The second kappa shape index (κ2) is 5.41. The number of rotatable bonds is 6. The van der Waals surface area contributed by atoms with E-state index in [0.717, 1.165) is 12.1 Å². The molecule has 0 atom stereocenters. The Labute approximate surface area is 112 Å². The normalized spacial score (nSPS) is 15.8. The molecule has 2 rings (SSSR count). The van der Waals surface area contributed by atoms with Crippen LogP contribution in [0.2, 0.25) is 0 Å². The molecule has 0 aliphatic heterocycles. The maximum Gasteiger partial charge on any atom is 0.253 e. The van der Waals surface area contributed by atoms with Crippen molar-refractivity contribution in [1.29, 1.82) is 0 Å². The molecule has 1 aromatic heterocycles. The standard InChI is InChI=1S/C12H16N2O2S2/c1-3-6-14(2)18(15,16)12-7-10(9-17-12)8-13-11-4-5-11/h1,7,9,11,13H,4-6,8H2,2H3. The molecule has 1 N–H and O–H groups in total. The van der Waals surface area contributed by atoms with Crippen LogP contribution in [0.3, 0.4) is 0 Å². The highest BCUT2D eigenvalue weighted by atomic mass is 32.2. The van der Waals surface area contributed by atoms with Gasteiger partial charge in [-0.1, -0.05) is 5.92 Å². The minimum absolute atomic E-state index is 0.0931. The molecule has 0 saturated heterocycles. The molecule has 1 saturated carbocycles. The summed E-state index contributed by atoms with van der Waals surface area (Å²) in [5.41, 5.74) is 1.01. The first-order valence-corrected chi connectivity index (χ1v) is 8.06. The van der Waals surface area contributed by atoms with E-state index in [9.17, 15) is 8.42 Å². The molecular weight excluding hydrogens is 268 g/mol. The summed E-state index contributed by atoms with van der Waals surface area (Å²) in [4.78, 5) is 0. The van der Waals surface area contributed by atoms with Gasteiger partial charge in [0.15, 0.2) is 0 Å². The zero-order chi connectivity index (χ0) is 13.2. The molecule has 1 fully saturated rings. The SMILES string of the molecule is C#CCN(C)S(=O)(=O)c1cc(CNC2CC2)cs1. The first-order chi connectivity index (χ1) is 8.54. The van der Waals surface area contributed by atoms with E-state index < -0.39 is 10.0 Å². The van der Waals surface area contributed by atoms with Gasteiger partial charge in [-0.2, -0.15) is 4.31 Å². The summed E-state index contributed by atoms with van der Waals surface area (Å²) >= 11 is 1.24. The van der Waals surface area contributed by atoms with E-state index in [1.165, 1.54) is 35.5 Å². The number of nitrogens with one attached hydrogen (secondary N) is 1. The van der Waals surface area contributed by atoms with Gasteiger partial charge in [-0.15, -0.1) is 17.8 Å². The van der Waals surface area contributed by atoms with E-state index in [-0.39, 0.29) is 6.54 Å². The first kappa shape index (κ1) is 13.6. The number of thiophene rings is 1. The molecule has 0 radical (unpaired) electrons. The lowest BCUT2D eigenvalue weighted by molar-refractivity contribution is 0.505. The van der Waals surface area contributed by atoms with Crippen molar-refractivity contribution >= 4 is 21.4 Å². The highest BCUT2D eigenvalue weighted by Crippen LogP contribution is 2.24. The van der Waals surface area contributed by atoms with Gasteiger partial charge in [-0.3, -0.25) is 0 Å². The van der Waals surface area contributed by atoms with Gasteiger partial charge in [0, 0.05) is 19.6 Å². The third-order valence-corrected chi connectivity index (χ3v) is 6.05. The van der Waals surface area contributed by atoms with Crippen molar-refractivity contribution in [3.8, 4) is 12.3 Å².